The lowest BCUT2D eigenvalue weighted by Crippen LogP contribution is -2.27. The molecule has 0 aliphatic carbocycles. The molecule has 3 rings (SSSR count). The van der Waals surface area contributed by atoms with Gasteiger partial charge < -0.3 is 14.8 Å². The van der Waals surface area contributed by atoms with Gasteiger partial charge in [-0.2, -0.15) is 13.2 Å². The van der Waals surface area contributed by atoms with Crippen molar-refractivity contribution in [1.29, 1.82) is 0 Å². The van der Waals surface area contributed by atoms with Crippen molar-refractivity contribution >= 4 is 11.7 Å². The maximum absolute atomic E-state index is 12.8. The lowest BCUT2D eigenvalue weighted by Gasteiger charge is -2.18. The van der Waals surface area contributed by atoms with Gasteiger partial charge in [-0.1, -0.05) is 12.1 Å². The first kappa shape index (κ1) is 20.7. The zero-order chi connectivity index (χ0) is 21.0. The lowest BCUT2D eigenvalue weighted by atomic mass is 10.0. The predicted molar refractivity (Wildman–Crippen MR) is 99.0 cm³/mol. The maximum atomic E-state index is 12.8. The van der Waals surface area contributed by atoms with Gasteiger partial charge in [-0.15, -0.1) is 0 Å². The Kier molecular flexibility index (Phi) is 6.10. The number of ketones is 1. The Morgan fingerprint density at radius 2 is 1.76 bits per heavy atom. The fourth-order valence-electron chi connectivity index (χ4n) is 2.97. The lowest BCUT2D eigenvalue weighted by molar-refractivity contribution is -0.137. The zero-order valence-corrected chi connectivity index (χ0v) is 15.7. The van der Waals surface area contributed by atoms with Crippen molar-refractivity contribution in [2.75, 3.05) is 13.2 Å². The molecule has 2 aromatic rings. The van der Waals surface area contributed by atoms with Crippen LogP contribution < -0.4 is 14.8 Å². The fourth-order valence-corrected chi connectivity index (χ4v) is 2.97. The Balaban J connectivity index is 1.55. The highest BCUT2D eigenvalue weighted by atomic mass is 19.4. The van der Waals surface area contributed by atoms with Crippen molar-refractivity contribution < 1.29 is 32.2 Å². The molecular formula is C21H20F3NO4. The number of benzene rings is 2. The molecule has 1 unspecified atom stereocenters. The van der Waals surface area contributed by atoms with E-state index in [4.69, 9.17) is 9.47 Å². The number of carbonyl (C=O) groups excluding carboxylic acids is 2. The standard InChI is InChI=1S/C21H20F3NO4/c1-13(14-3-2-4-16(11-14)21(22,23)24)25-20(27)8-6-17(26)15-5-7-18-19(12-15)29-10-9-28-18/h2-5,7,11-13H,6,8-10H2,1H3,(H,25,27). The summed E-state index contributed by atoms with van der Waals surface area (Å²) in [5, 5.41) is 2.63. The van der Waals surface area contributed by atoms with Crippen LogP contribution in [0.2, 0.25) is 0 Å². The van der Waals surface area contributed by atoms with Gasteiger partial charge in [0.05, 0.1) is 11.6 Å². The molecule has 1 atom stereocenters. The van der Waals surface area contributed by atoms with E-state index in [-0.39, 0.29) is 18.6 Å². The molecule has 8 heteroatoms. The van der Waals surface area contributed by atoms with Gasteiger partial charge in [0.2, 0.25) is 5.91 Å². The van der Waals surface area contributed by atoms with Crippen molar-refractivity contribution in [1.82, 2.24) is 5.32 Å². The summed E-state index contributed by atoms with van der Waals surface area (Å²) in [4.78, 5) is 24.5. The van der Waals surface area contributed by atoms with Crippen LogP contribution >= 0.6 is 0 Å². The summed E-state index contributed by atoms with van der Waals surface area (Å²) < 4.78 is 49.3. The second-order valence-electron chi connectivity index (χ2n) is 6.69. The Morgan fingerprint density at radius 3 is 2.48 bits per heavy atom. The van der Waals surface area contributed by atoms with E-state index in [1.807, 2.05) is 0 Å². The third-order valence-corrected chi connectivity index (χ3v) is 4.53. The first-order valence-corrected chi connectivity index (χ1v) is 9.13. The molecule has 1 N–H and O–H groups in total. The highest BCUT2D eigenvalue weighted by Gasteiger charge is 2.30. The van der Waals surface area contributed by atoms with Crippen molar-refractivity contribution in [2.45, 2.75) is 32.0 Å². The molecule has 0 aromatic heterocycles. The molecule has 154 valence electrons. The molecule has 5 nitrogen and oxygen atoms in total. The molecule has 1 aliphatic rings. The molecule has 1 aliphatic heterocycles. The van der Waals surface area contributed by atoms with Crippen molar-refractivity contribution in [2.24, 2.45) is 0 Å². The number of halogens is 3. The number of alkyl halides is 3. The molecule has 0 fully saturated rings. The van der Waals surface area contributed by atoms with Crippen LogP contribution in [0.25, 0.3) is 0 Å². The average molecular weight is 407 g/mol. The number of hydrogen-bond donors (Lipinski definition) is 1. The summed E-state index contributed by atoms with van der Waals surface area (Å²) >= 11 is 0. The van der Waals surface area contributed by atoms with E-state index < -0.39 is 23.7 Å². The van der Waals surface area contributed by atoms with E-state index >= 15 is 0 Å². The summed E-state index contributed by atoms with van der Waals surface area (Å²) in [6.45, 7) is 2.45. The Hall–Kier alpha value is -3.03. The molecule has 1 heterocycles. The number of ether oxygens (including phenoxy) is 2. The van der Waals surface area contributed by atoms with Gasteiger partial charge in [-0.05, 0) is 42.8 Å². The average Bonchev–Trinajstić information content (AvgIpc) is 2.71. The van der Waals surface area contributed by atoms with Crippen LogP contribution in [0.3, 0.4) is 0 Å². The second kappa shape index (κ2) is 8.55. The Bertz CT molecular complexity index is 911. The van der Waals surface area contributed by atoms with E-state index in [0.717, 1.165) is 12.1 Å². The molecule has 2 aromatic carbocycles. The van der Waals surface area contributed by atoms with Crippen LogP contribution in [0.15, 0.2) is 42.5 Å². The van der Waals surface area contributed by atoms with Gasteiger partial charge in [-0.3, -0.25) is 9.59 Å². The first-order valence-electron chi connectivity index (χ1n) is 9.13. The largest absolute Gasteiger partial charge is 0.486 e. The van der Waals surface area contributed by atoms with E-state index in [1.165, 1.54) is 12.1 Å². The first-order chi connectivity index (χ1) is 13.7. The number of hydrogen-bond acceptors (Lipinski definition) is 4. The van der Waals surface area contributed by atoms with Crippen molar-refractivity contribution in [3.8, 4) is 11.5 Å². The Morgan fingerprint density at radius 1 is 1.03 bits per heavy atom. The second-order valence-corrected chi connectivity index (χ2v) is 6.69. The molecule has 0 radical (unpaired) electrons. The predicted octanol–water partition coefficient (Wildman–Crippen LogP) is 4.32. The van der Waals surface area contributed by atoms with E-state index in [9.17, 15) is 22.8 Å². The summed E-state index contributed by atoms with van der Waals surface area (Å²) in [5.74, 6) is 0.412. The third-order valence-electron chi connectivity index (χ3n) is 4.53. The fraction of sp³-hybridized carbons (Fsp3) is 0.333. The maximum Gasteiger partial charge on any atom is 0.416 e. The molecule has 0 bridgehead atoms. The van der Waals surface area contributed by atoms with Gasteiger partial charge in [0.15, 0.2) is 17.3 Å². The van der Waals surface area contributed by atoms with Gasteiger partial charge in [0.1, 0.15) is 13.2 Å². The number of carbonyl (C=O) groups is 2. The van der Waals surface area contributed by atoms with E-state index in [0.29, 0.717) is 35.8 Å². The third kappa shape index (κ3) is 5.28. The minimum atomic E-state index is -4.45. The van der Waals surface area contributed by atoms with Gasteiger partial charge >= 0.3 is 6.18 Å². The molecule has 1 amide bonds. The van der Waals surface area contributed by atoms with Gasteiger partial charge in [0.25, 0.3) is 0 Å². The normalized spacial score (nSPS) is 14.2. The number of rotatable bonds is 6. The molecule has 0 saturated carbocycles. The number of nitrogens with one attached hydrogen (secondary N) is 1. The molecule has 29 heavy (non-hydrogen) atoms. The van der Waals surface area contributed by atoms with Crippen LogP contribution in [0.4, 0.5) is 13.2 Å². The summed E-state index contributed by atoms with van der Waals surface area (Å²) in [7, 11) is 0. The minimum absolute atomic E-state index is 0.0270. The minimum Gasteiger partial charge on any atom is -0.486 e. The molecular weight excluding hydrogens is 387 g/mol. The van der Waals surface area contributed by atoms with Crippen molar-refractivity contribution in [3.63, 3.8) is 0 Å². The monoisotopic (exact) mass is 407 g/mol. The summed E-state index contributed by atoms with van der Waals surface area (Å²) in [6, 6.07) is 9.02. The van der Waals surface area contributed by atoms with Crippen LogP contribution in [-0.2, 0) is 11.0 Å². The van der Waals surface area contributed by atoms with Gasteiger partial charge in [0, 0.05) is 18.4 Å². The number of Topliss-reactive ketones (excluding diaryl/α,β-unsaturated/α-hetero) is 1. The van der Waals surface area contributed by atoms with Crippen LogP contribution in [-0.4, -0.2) is 24.9 Å². The number of amides is 1. The van der Waals surface area contributed by atoms with E-state index in [1.54, 1.807) is 25.1 Å². The van der Waals surface area contributed by atoms with Gasteiger partial charge in [-0.25, -0.2) is 0 Å². The van der Waals surface area contributed by atoms with Crippen LogP contribution in [0, 0.1) is 0 Å². The highest BCUT2D eigenvalue weighted by Crippen LogP contribution is 2.32. The van der Waals surface area contributed by atoms with Crippen LogP contribution in [0.5, 0.6) is 11.5 Å². The SMILES string of the molecule is CC(NC(=O)CCC(=O)c1ccc2c(c1)OCCO2)c1cccc(C(F)(F)F)c1. The number of fused-ring (bicyclic) bond motifs is 1. The molecule has 0 spiro atoms. The smallest absolute Gasteiger partial charge is 0.416 e. The quantitative estimate of drug-likeness (QED) is 0.725. The van der Waals surface area contributed by atoms with Crippen LogP contribution in [0.1, 0.15) is 47.3 Å². The highest BCUT2D eigenvalue weighted by molar-refractivity contribution is 5.98. The zero-order valence-electron chi connectivity index (χ0n) is 15.7. The molecule has 0 saturated heterocycles. The Labute approximate surface area is 165 Å². The topological polar surface area (TPSA) is 64.6 Å². The summed E-state index contributed by atoms with van der Waals surface area (Å²) in [6.07, 6.45) is -4.55. The summed E-state index contributed by atoms with van der Waals surface area (Å²) in [5.41, 5.74) is -0.0239. The van der Waals surface area contributed by atoms with Crippen molar-refractivity contribution in [3.05, 3.63) is 59.2 Å². The van der Waals surface area contributed by atoms with E-state index in [2.05, 4.69) is 5.32 Å².